The standard InChI is InChI=1S/C13H25NO/c1-10(2)14(13(3,4)5)12(15)11-8-6-7-9-11/h10-11H,6-9H2,1-5H3. The molecule has 1 amide bonds. The van der Waals surface area contributed by atoms with Crippen molar-refractivity contribution in [2.45, 2.75) is 71.9 Å². The van der Waals surface area contributed by atoms with E-state index in [1.807, 2.05) is 0 Å². The Balaban J connectivity index is 2.75. The molecule has 2 heteroatoms. The Morgan fingerprint density at radius 1 is 1.20 bits per heavy atom. The minimum atomic E-state index is -0.0478. The summed E-state index contributed by atoms with van der Waals surface area (Å²) in [6.07, 6.45) is 4.65. The van der Waals surface area contributed by atoms with Crippen molar-refractivity contribution in [3.05, 3.63) is 0 Å². The van der Waals surface area contributed by atoms with Crippen LogP contribution in [0.2, 0.25) is 0 Å². The Morgan fingerprint density at radius 2 is 1.67 bits per heavy atom. The van der Waals surface area contributed by atoms with Crippen LogP contribution in [0.1, 0.15) is 60.3 Å². The van der Waals surface area contributed by atoms with Crippen LogP contribution in [0, 0.1) is 5.92 Å². The predicted octanol–water partition coefficient (Wildman–Crippen LogP) is 3.21. The molecule has 0 atom stereocenters. The van der Waals surface area contributed by atoms with Crippen molar-refractivity contribution < 1.29 is 4.79 Å². The van der Waals surface area contributed by atoms with Crippen LogP contribution < -0.4 is 0 Å². The molecule has 0 aliphatic heterocycles. The smallest absolute Gasteiger partial charge is 0.226 e. The first-order chi connectivity index (χ1) is 6.84. The van der Waals surface area contributed by atoms with Gasteiger partial charge in [-0.05, 0) is 47.5 Å². The molecule has 1 aliphatic rings. The molecule has 0 spiro atoms. The van der Waals surface area contributed by atoms with E-state index in [0.29, 0.717) is 17.9 Å². The molecule has 0 aromatic rings. The number of carbonyl (C=O) groups excluding carboxylic acids is 1. The van der Waals surface area contributed by atoms with Crippen LogP contribution in [0.3, 0.4) is 0 Å². The molecule has 0 aromatic carbocycles. The average Bonchev–Trinajstić information content (AvgIpc) is 2.51. The highest BCUT2D eigenvalue weighted by Gasteiger charge is 2.34. The monoisotopic (exact) mass is 211 g/mol. The third-order valence-corrected chi connectivity index (χ3v) is 3.18. The Morgan fingerprint density at radius 3 is 2.00 bits per heavy atom. The molecule has 1 saturated carbocycles. The summed E-state index contributed by atoms with van der Waals surface area (Å²) in [5, 5.41) is 0. The second kappa shape index (κ2) is 4.54. The molecule has 0 aromatic heterocycles. The minimum Gasteiger partial charge on any atom is -0.335 e. The highest BCUT2D eigenvalue weighted by atomic mass is 16.2. The number of carbonyl (C=O) groups is 1. The van der Waals surface area contributed by atoms with Gasteiger partial charge >= 0.3 is 0 Å². The molecular weight excluding hydrogens is 186 g/mol. The Labute approximate surface area is 94.0 Å². The Kier molecular flexibility index (Phi) is 3.80. The summed E-state index contributed by atoms with van der Waals surface area (Å²) in [6.45, 7) is 10.6. The van der Waals surface area contributed by atoms with Crippen LogP contribution in [0.25, 0.3) is 0 Å². The van der Waals surface area contributed by atoms with Crippen molar-refractivity contribution in [2.75, 3.05) is 0 Å². The summed E-state index contributed by atoms with van der Waals surface area (Å²) < 4.78 is 0. The van der Waals surface area contributed by atoms with Crippen molar-refractivity contribution in [2.24, 2.45) is 5.92 Å². The highest BCUT2D eigenvalue weighted by molar-refractivity contribution is 5.80. The molecule has 1 fully saturated rings. The van der Waals surface area contributed by atoms with E-state index in [4.69, 9.17) is 0 Å². The fraction of sp³-hybridized carbons (Fsp3) is 0.923. The molecule has 0 saturated heterocycles. The molecule has 1 aliphatic carbocycles. The second-order valence-electron chi connectivity index (χ2n) is 5.95. The number of amides is 1. The summed E-state index contributed by atoms with van der Waals surface area (Å²) in [6, 6.07) is 0.304. The van der Waals surface area contributed by atoms with Crippen molar-refractivity contribution in [3.63, 3.8) is 0 Å². The maximum absolute atomic E-state index is 12.4. The zero-order valence-electron chi connectivity index (χ0n) is 10.8. The van der Waals surface area contributed by atoms with Gasteiger partial charge < -0.3 is 4.90 Å². The molecule has 0 bridgehead atoms. The summed E-state index contributed by atoms with van der Waals surface area (Å²) in [5.41, 5.74) is -0.0478. The van der Waals surface area contributed by atoms with E-state index in [0.717, 1.165) is 12.8 Å². The van der Waals surface area contributed by atoms with Crippen molar-refractivity contribution in [1.82, 2.24) is 4.90 Å². The van der Waals surface area contributed by atoms with E-state index in [1.54, 1.807) is 0 Å². The van der Waals surface area contributed by atoms with Gasteiger partial charge in [-0.1, -0.05) is 12.8 Å². The van der Waals surface area contributed by atoms with Crippen LogP contribution in [-0.4, -0.2) is 22.4 Å². The number of hydrogen-bond acceptors (Lipinski definition) is 1. The minimum absolute atomic E-state index is 0.0478. The van der Waals surface area contributed by atoms with Gasteiger partial charge in [-0.2, -0.15) is 0 Å². The Bertz CT molecular complexity index is 221. The van der Waals surface area contributed by atoms with Gasteiger partial charge in [-0.25, -0.2) is 0 Å². The van der Waals surface area contributed by atoms with Crippen LogP contribution in [0.15, 0.2) is 0 Å². The van der Waals surface area contributed by atoms with E-state index in [1.165, 1.54) is 12.8 Å². The number of hydrogen-bond donors (Lipinski definition) is 0. The quantitative estimate of drug-likeness (QED) is 0.687. The maximum atomic E-state index is 12.4. The van der Waals surface area contributed by atoms with Gasteiger partial charge in [0.2, 0.25) is 5.91 Å². The molecule has 88 valence electrons. The lowest BCUT2D eigenvalue weighted by molar-refractivity contribution is -0.142. The first kappa shape index (κ1) is 12.5. The SMILES string of the molecule is CC(C)N(C(=O)C1CCCC1)C(C)(C)C. The summed E-state index contributed by atoms with van der Waals surface area (Å²) >= 11 is 0. The van der Waals surface area contributed by atoms with Crippen molar-refractivity contribution in [3.8, 4) is 0 Å². The van der Waals surface area contributed by atoms with Crippen LogP contribution >= 0.6 is 0 Å². The highest BCUT2D eigenvalue weighted by Crippen LogP contribution is 2.30. The van der Waals surface area contributed by atoms with E-state index >= 15 is 0 Å². The lowest BCUT2D eigenvalue weighted by Gasteiger charge is -2.40. The average molecular weight is 211 g/mol. The summed E-state index contributed by atoms with van der Waals surface area (Å²) in [5.74, 6) is 0.668. The molecule has 0 N–H and O–H groups in total. The van der Waals surface area contributed by atoms with Gasteiger partial charge in [0, 0.05) is 17.5 Å². The topological polar surface area (TPSA) is 20.3 Å². The largest absolute Gasteiger partial charge is 0.335 e. The van der Waals surface area contributed by atoms with Crippen LogP contribution in [0.4, 0.5) is 0 Å². The third kappa shape index (κ3) is 2.96. The fourth-order valence-corrected chi connectivity index (χ4v) is 2.73. The van der Waals surface area contributed by atoms with Gasteiger partial charge in [-0.15, -0.1) is 0 Å². The normalized spacial score (nSPS) is 18.5. The van der Waals surface area contributed by atoms with E-state index < -0.39 is 0 Å². The molecule has 0 unspecified atom stereocenters. The zero-order chi connectivity index (χ0) is 11.6. The third-order valence-electron chi connectivity index (χ3n) is 3.18. The maximum Gasteiger partial charge on any atom is 0.226 e. The fourth-order valence-electron chi connectivity index (χ4n) is 2.73. The van der Waals surface area contributed by atoms with Crippen molar-refractivity contribution >= 4 is 5.91 Å². The molecule has 0 heterocycles. The molecular formula is C13H25NO. The van der Waals surface area contributed by atoms with E-state index in [9.17, 15) is 4.79 Å². The molecule has 1 rings (SSSR count). The van der Waals surface area contributed by atoms with E-state index in [-0.39, 0.29) is 5.54 Å². The zero-order valence-corrected chi connectivity index (χ0v) is 10.8. The van der Waals surface area contributed by atoms with Gasteiger partial charge in [0.05, 0.1) is 0 Å². The molecule has 15 heavy (non-hydrogen) atoms. The number of nitrogens with zero attached hydrogens (tertiary/aromatic N) is 1. The van der Waals surface area contributed by atoms with Gasteiger partial charge in [0.15, 0.2) is 0 Å². The predicted molar refractivity (Wildman–Crippen MR) is 63.7 cm³/mol. The van der Waals surface area contributed by atoms with Crippen molar-refractivity contribution in [1.29, 1.82) is 0 Å². The van der Waals surface area contributed by atoms with Gasteiger partial charge in [0.1, 0.15) is 0 Å². The summed E-state index contributed by atoms with van der Waals surface area (Å²) in [4.78, 5) is 14.4. The number of rotatable bonds is 2. The lowest BCUT2D eigenvalue weighted by Crippen LogP contribution is -2.51. The molecule has 2 nitrogen and oxygen atoms in total. The second-order valence-corrected chi connectivity index (χ2v) is 5.95. The molecule has 0 radical (unpaired) electrons. The lowest BCUT2D eigenvalue weighted by atomic mass is 9.98. The van der Waals surface area contributed by atoms with Gasteiger partial charge in [-0.3, -0.25) is 4.79 Å². The first-order valence-electron chi connectivity index (χ1n) is 6.17. The van der Waals surface area contributed by atoms with Gasteiger partial charge in [0.25, 0.3) is 0 Å². The summed E-state index contributed by atoms with van der Waals surface area (Å²) in [7, 11) is 0. The van der Waals surface area contributed by atoms with Crippen LogP contribution in [-0.2, 0) is 4.79 Å². The Hall–Kier alpha value is -0.530. The first-order valence-corrected chi connectivity index (χ1v) is 6.17. The van der Waals surface area contributed by atoms with Crippen LogP contribution in [0.5, 0.6) is 0 Å². The van der Waals surface area contributed by atoms with E-state index in [2.05, 4.69) is 39.5 Å².